The van der Waals surface area contributed by atoms with Gasteiger partial charge in [0.1, 0.15) is 5.75 Å². The monoisotopic (exact) mass is 267 g/mol. The van der Waals surface area contributed by atoms with Gasteiger partial charge in [0.15, 0.2) is 0 Å². The molecule has 1 N–H and O–H groups in total. The molecule has 3 nitrogen and oxygen atoms in total. The summed E-state index contributed by atoms with van der Waals surface area (Å²) in [6.07, 6.45) is 0.909. The van der Waals surface area contributed by atoms with Crippen LogP contribution in [0.1, 0.15) is 29.3 Å². The van der Waals surface area contributed by atoms with E-state index in [0.717, 1.165) is 12.0 Å². The molecule has 1 aromatic carbocycles. The van der Waals surface area contributed by atoms with Crippen LogP contribution in [0.4, 0.5) is 0 Å². The number of aryl methyl sites for hydroxylation is 1. The summed E-state index contributed by atoms with van der Waals surface area (Å²) in [5.74, 6) is 0.345. The SMILES string of the molecule is Cc1ccc(C(=O)N2CCC(C)C(Cl)C2)c(O)c1. The quantitative estimate of drug-likeness (QED) is 0.795. The van der Waals surface area contributed by atoms with E-state index in [2.05, 4.69) is 6.92 Å². The van der Waals surface area contributed by atoms with Crippen molar-refractivity contribution >= 4 is 17.5 Å². The number of amides is 1. The van der Waals surface area contributed by atoms with Crippen molar-refractivity contribution in [3.05, 3.63) is 29.3 Å². The molecule has 2 rings (SSSR count). The van der Waals surface area contributed by atoms with E-state index in [4.69, 9.17) is 11.6 Å². The number of hydrogen-bond donors (Lipinski definition) is 1. The zero-order valence-corrected chi connectivity index (χ0v) is 11.4. The Morgan fingerprint density at radius 3 is 2.83 bits per heavy atom. The summed E-state index contributed by atoms with van der Waals surface area (Å²) in [4.78, 5) is 14.0. The normalized spacial score (nSPS) is 24.1. The standard InChI is InChI=1S/C14H18ClNO2/c1-9-3-4-11(13(17)7-9)14(18)16-6-5-10(2)12(15)8-16/h3-4,7,10,12,17H,5-6,8H2,1-2H3. The van der Waals surface area contributed by atoms with Crippen LogP contribution >= 0.6 is 11.6 Å². The summed E-state index contributed by atoms with van der Waals surface area (Å²) in [6, 6.07) is 5.12. The fourth-order valence-corrected chi connectivity index (χ4v) is 2.49. The average Bonchev–Trinajstić information content (AvgIpc) is 2.32. The van der Waals surface area contributed by atoms with Gasteiger partial charge >= 0.3 is 0 Å². The van der Waals surface area contributed by atoms with E-state index >= 15 is 0 Å². The Morgan fingerprint density at radius 1 is 1.50 bits per heavy atom. The topological polar surface area (TPSA) is 40.5 Å². The van der Waals surface area contributed by atoms with Gasteiger partial charge in [-0.1, -0.05) is 13.0 Å². The maximum Gasteiger partial charge on any atom is 0.257 e. The van der Waals surface area contributed by atoms with E-state index in [0.29, 0.717) is 24.6 Å². The molecule has 2 unspecified atom stereocenters. The van der Waals surface area contributed by atoms with Crippen molar-refractivity contribution in [2.24, 2.45) is 5.92 Å². The second-order valence-corrected chi connectivity index (χ2v) is 5.61. The van der Waals surface area contributed by atoms with Gasteiger partial charge in [-0.05, 0) is 37.0 Å². The third-order valence-electron chi connectivity index (χ3n) is 3.54. The van der Waals surface area contributed by atoms with Gasteiger partial charge in [-0.2, -0.15) is 0 Å². The highest BCUT2D eigenvalue weighted by Crippen LogP contribution is 2.26. The van der Waals surface area contributed by atoms with E-state index in [-0.39, 0.29) is 17.0 Å². The molecule has 0 aliphatic carbocycles. The summed E-state index contributed by atoms with van der Waals surface area (Å²) in [5, 5.41) is 9.83. The fourth-order valence-electron chi connectivity index (χ4n) is 2.20. The van der Waals surface area contributed by atoms with Crippen LogP contribution in [-0.2, 0) is 0 Å². The first-order valence-electron chi connectivity index (χ1n) is 6.22. The van der Waals surface area contributed by atoms with Gasteiger partial charge in [0.25, 0.3) is 5.91 Å². The molecule has 0 aromatic heterocycles. The molecular weight excluding hydrogens is 250 g/mol. The van der Waals surface area contributed by atoms with Crippen LogP contribution in [0.15, 0.2) is 18.2 Å². The summed E-state index contributed by atoms with van der Waals surface area (Å²) in [7, 11) is 0. The zero-order valence-electron chi connectivity index (χ0n) is 10.7. The second-order valence-electron chi connectivity index (χ2n) is 5.05. The molecule has 0 spiro atoms. The van der Waals surface area contributed by atoms with Gasteiger partial charge < -0.3 is 10.0 Å². The largest absolute Gasteiger partial charge is 0.507 e. The number of carbonyl (C=O) groups excluding carboxylic acids is 1. The molecule has 0 radical (unpaired) electrons. The van der Waals surface area contributed by atoms with Crippen molar-refractivity contribution in [2.45, 2.75) is 25.6 Å². The number of hydrogen-bond acceptors (Lipinski definition) is 2. The molecule has 1 fully saturated rings. The van der Waals surface area contributed by atoms with E-state index in [9.17, 15) is 9.90 Å². The van der Waals surface area contributed by atoms with Gasteiger partial charge in [-0.3, -0.25) is 4.79 Å². The Hall–Kier alpha value is -1.22. The Bertz CT molecular complexity index is 461. The van der Waals surface area contributed by atoms with Crippen LogP contribution in [0, 0.1) is 12.8 Å². The van der Waals surface area contributed by atoms with E-state index < -0.39 is 0 Å². The Kier molecular flexibility index (Phi) is 3.81. The molecular formula is C14H18ClNO2. The number of phenolic OH excluding ortho intramolecular Hbond substituents is 1. The van der Waals surface area contributed by atoms with Gasteiger partial charge in [-0.25, -0.2) is 0 Å². The lowest BCUT2D eigenvalue weighted by molar-refractivity contribution is 0.0698. The first kappa shape index (κ1) is 13.2. The van der Waals surface area contributed by atoms with Crippen LogP contribution in [0.2, 0.25) is 0 Å². The number of alkyl halides is 1. The number of phenols is 1. The van der Waals surface area contributed by atoms with E-state index in [1.807, 2.05) is 13.0 Å². The number of halogens is 1. The highest BCUT2D eigenvalue weighted by atomic mass is 35.5. The molecule has 1 heterocycles. The number of carbonyl (C=O) groups is 1. The van der Waals surface area contributed by atoms with Crippen LogP contribution in [0.3, 0.4) is 0 Å². The number of nitrogens with zero attached hydrogens (tertiary/aromatic N) is 1. The maximum atomic E-state index is 12.3. The summed E-state index contributed by atoms with van der Waals surface area (Å²) >= 11 is 6.20. The first-order valence-corrected chi connectivity index (χ1v) is 6.65. The van der Waals surface area contributed by atoms with Crippen molar-refractivity contribution < 1.29 is 9.90 Å². The number of aromatic hydroxyl groups is 1. The summed E-state index contributed by atoms with van der Waals surface area (Å²) in [5.41, 5.74) is 1.30. The third-order valence-corrected chi connectivity index (χ3v) is 4.11. The van der Waals surface area contributed by atoms with Gasteiger partial charge in [0.05, 0.1) is 10.9 Å². The first-order chi connectivity index (χ1) is 8.49. The summed E-state index contributed by atoms with van der Waals surface area (Å²) in [6.45, 7) is 5.24. The highest BCUT2D eigenvalue weighted by Gasteiger charge is 2.28. The lowest BCUT2D eigenvalue weighted by Crippen LogP contribution is -2.43. The number of benzene rings is 1. The molecule has 0 saturated carbocycles. The lowest BCUT2D eigenvalue weighted by Gasteiger charge is -2.34. The van der Waals surface area contributed by atoms with E-state index in [1.165, 1.54) is 0 Å². The van der Waals surface area contributed by atoms with Gasteiger partial charge in [0.2, 0.25) is 0 Å². The van der Waals surface area contributed by atoms with E-state index in [1.54, 1.807) is 17.0 Å². The molecule has 4 heteroatoms. The molecule has 1 aliphatic rings. The minimum Gasteiger partial charge on any atom is -0.507 e. The van der Waals surface area contributed by atoms with Crippen LogP contribution in [-0.4, -0.2) is 34.4 Å². The smallest absolute Gasteiger partial charge is 0.257 e. The predicted octanol–water partition coefficient (Wildman–Crippen LogP) is 2.79. The molecule has 1 aromatic rings. The van der Waals surface area contributed by atoms with Crippen molar-refractivity contribution in [3.63, 3.8) is 0 Å². The molecule has 1 amide bonds. The Labute approximate surface area is 112 Å². The average molecular weight is 268 g/mol. The maximum absolute atomic E-state index is 12.3. The van der Waals surface area contributed by atoms with Crippen molar-refractivity contribution in [1.82, 2.24) is 4.90 Å². The Balaban J connectivity index is 2.16. The number of piperidine rings is 1. The van der Waals surface area contributed by atoms with Crippen LogP contribution < -0.4 is 0 Å². The predicted molar refractivity (Wildman–Crippen MR) is 72.2 cm³/mol. The molecule has 1 saturated heterocycles. The second kappa shape index (κ2) is 5.19. The number of likely N-dealkylation sites (tertiary alicyclic amines) is 1. The molecule has 18 heavy (non-hydrogen) atoms. The minimum absolute atomic E-state index is 0.00436. The van der Waals surface area contributed by atoms with Crippen molar-refractivity contribution in [3.8, 4) is 5.75 Å². The van der Waals surface area contributed by atoms with Crippen LogP contribution in [0.5, 0.6) is 5.75 Å². The lowest BCUT2D eigenvalue weighted by atomic mass is 9.98. The zero-order chi connectivity index (χ0) is 13.3. The molecule has 1 aliphatic heterocycles. The third kappa shape index (κ3) is 2.61. The molecule has 98 valence electrons. The minimum atomic E-state index is -0.134. The fraction of sp³-hybridized carbons (Fsp3) is 0.500. The summed E-state index contributed by atoms with van der Waals surface area (Å²) < 4.78 is 0. The van der Waals surface area contributed by atoms with Gasteiger partial charge in [0, 0.05) is 13.1 Å². The number of rotatable bonds is 1. The molecule has 2 atom stereocenters. The highest BCUT2D eigenvalue weighted by molar-refractivity contribution is 6.21. The van der Waals surface area contributed by atoms with Gasteiger partial charge in [-0.15, -0.1) is 11.6 Å². The van der Waals surface area contributed by atoms with Crippen molar-refractivity contribution in [1.29, 1.82) is 0 Å². The van der Waals surface area contributed by atoms with Crippen molar-refractivity contribution in [2.75, 3.05) is 13.1 Å². The Morgan fingerprint density at radius 2 is 2.22 bits per heavy atom. The molecule has 0 bridgehead atoms. The van der Waals surface area contributed by atoms with Crippen LogP contribution in [0.25, 0.3) is 0 Å².